The summed E-state index contributed by atoms with van der Waals surface area (Å²) >= 11 is 0. The van der Waals surface area contributed by atoms with Crippen molar-refractivity contribution in [3.05, 3.63) is 83.9 Å². The molecule has 2 heterocycles. The summed E-state index contributed by atoms with van der Waals surface area (Å²) in [6, 6.07) is 14.7. The Balaban J connectivity index is 1.41. The standard InChI is InChI=1S/C23H21FN4O/c1-15-13-28(14-25-15)19-11-5-16(6-12-19)22-20-3-2-4-21(23(20)29-27-22)26-18-9-7-17(24)8-10-18/h5-14,21,26H,2-4H2,1H3. The Morgan fingerprint density at radius 3 is 2.62 bits per heavy atom. The van der Waals surface area contributed by atoms with Gasteiger partial charge in [0.1, 0.15) is 11.5 Å². The number of imidazole rings is 1. The van der Waals surface area contributed by atoms with Gasteiger partial charge in [-0.05, 0) is 62.6 Å². The normalized spacial score (nSPS) is 15.9. The van der Waals surface area contributed by atoms with Crippen LogP contribution < -0.4 is 5.32 Å². The van der Waals surface area contributed by atoms with Gasteiger partial charge in [-0.25, -0.2) is 9.37 Å². The van der Waals surface area contributed by atoms with E-state index in [9.17, 15) is 4.39 Å². The van der Waals surface area contributed by atoms with Gasteiger partial charge in [0.2, 0.25) is 0 Å². The summed E-state index contributed by atoms with van der Waals surface area (Å²) in [5.74, 6) is 0.640. The second-order valence-corrected chi connectivity index (χ2v) is 7.44. The molecule has 0 amide bonds. The van der Waals surface area contributed by atoms with Crippen LogP contribution in [0.4, 0.5) is 10.1 Å². The van der Waals surface area contributed by atoms with Gasteiger partial charge in [-0.1, -0.05) is 17.3 Å². The van der Waals surface area contributed by atoms with Crippen LogP contribution in [0.5, 0.6) is 0 Å². The van der Waals surface area contributed by atoms with E-state index in [2.05, 4.69) is 39.7 Å². The minimum atomic E-state index is -0.240. The lowest BCUT2D eigenvalue weighted by Crippen LogP contribution is -2.16. The van der Waals surface area contributed by atoms with Gasteiger partial charge in [0.05, 0.1) is 18.1 Å². The van der Waals surface area contributed by atoms with Crippen molar-refractivity contribution in [2.24, 2.45) is 0 Å². The van der Waals surface area contributed by atoms with Gasteiger partial charge < -0.3 is 14.4 Å². The maximum atomic E-state index is 13.2. The van der Waals surface area contributed by atoms with Crippen molar-refractivity contribution in [3.63, 3.8) is 0 Å². The first-order valence-electron chi connectivity index (χ1n) is 9.79. The molecule has 2 aromatic heterocycles. The van der Waals surface area contributed by atoms with E-state index in [-0.39, 0.29) is 11.9 Å². The fraction of sp³-hybridized carbons (Fsp3) is 0.217. The molecule has 0 saturated carbocycles. The largest absolute Gasteiger partial charge is 0.375 e. The van der Waals surface area contributed by atoms with Gasteiger partial charge in [0.15, 0.2) is 5.76 Å². The molecule has 29 heavy (non-hydrogen) atoms. The summed E-state index contributed by atoms with van der Waals surface area (Å²) in [4.78, 5) is 4.28. The summed E-state index contributed by atoms with van der Waals surface area (Å²) < 4.78 is 20.9. The van der Waals surface area contributed by atoms with Gasteiger partial charge in [-0.3, -0.25) is 0 Å². The fourth-order valence-electron chi connectivity index (χ4n) is 3.92. The third kappa shape index (κ3) is 3.42. The van der Waals surface area contributed by atoms with Crippen molar-refractivity contribution in [2.45, 2.75) is 32.2 Å². The van der Waals surface area contributed by atoms with Crippen molar-refractivity contribution >= 4 is 5.69 Å². The molecule has 1 aliphatic rings. The highest BCUT2D eigenvalue weighted by Gasteiger charge is 2.28. The molecule has 2 aromatic carbocycles. The number of fused-ring (bicyclic) bond motifs is 1. The van der Waals surface area contributed by atoms with Crippen molar-refractivity contribution in [3.8, 4) is 16.9 Å². The van der Waals surface area contributed by atoms with Crippen molar-refractivity contribution < 1.29 is 8.91 Å². The summed E-state index contributed by atoms with van der Waals surface area (Å²) in [7, 11) is 0. The van der Waals surface area contributed by atoms with Crippen LogP contribution in [0.25, 0.3) is 16.9 Å². The molecule has 1 N–H and O–H groups in total. The number of nitrogens with one attached hydrogen (secondary N) is 1. The summed E-state index contributed by atoms with van der Waals surface area (Å²) in [6.45, 7) is 1.98. The number of aryl methyl sites for hydroxylation is 1. The summed E-state index contributed by atoms with van der Waals surface area (Å²) in [5, 5.41) is 7.84. The zero-order valence-corrected chi connectivity index (χ0v) is 16.1. The van der Waals surface area contributed by atoms with Crippen LogP contribution in [0.3, 0.4) is 0 Å². The van der Waals surface area contributed by atoms with Crippen LogP contribution in [0, 0.1) is 12.7 Å². The maximum absolute atomic E-state index is 13.2. The molecule has 1 unspecified atom stereocenters. The Morgan fingerprint density at radius 1 is 1.10 bits per heavy atom. The third-order valence-electron chi connectivity index (χ3n) is 5.39. The van der Waals surface area contributed by atoms with Crippen molar-refractivity contribution in [1.29, 1.82) is 0 Å². The quantitative estimate of drug-likeness (QED) is 0.504. The molecular formula is C23H21FN4O. The van der Waals surface area contributed by atoms with Crippen LogP contribution in [0.1, 0.15) is 35.9 Å². The number of benzene rings is 2. The van der Waals surface area contributed by atoms with Crippen molar-refractivity contribution in [1.82, 2.24) is 14.7 Å². The zero-order chi connectivity index (χ0) is 19.8. The molecule has 0 aliphatic heterocycles. The first kappa shape index (κ1) is 17.7. The predicted molar refractivity (Wildman–Crippen MR) is 109 cm³/mol. The Hall–Kier alpha value is -3.41. The third-order valence-corrected chi connectivity index (χ3v) is 5.39. The Kier molecular flexibility index (Phi) is 4.39. The molecule has 0 radical (unpaired) electrons. The number of nitrogens with zero attached hydrogens (tertiary/aromatic N) is 3. The number of rotatable bonds is 4. The van der Waals surface area contributed by atoms with Crippen LogP contribution in [0.15, 0.2) is 65.6 Å². The maximum Gasteiger partial charge on any atom is 0.162 e. The van der Waals surface area contributed by atoms with E-state index in [0.29, 0.717) is 0 Å². The van der Waals surface area contributed by atoms with Gasteiger partial charge in [-0.2, -0.15) is 0 Å². The smallest absolute Gasteiger partial charge is 0.162 e. The van der Waals surface area contributed by atoms with Crippen LogP contribution in [0.2, 0.25) is 0 Å². The number of halogens is 1. The fourth-order valence-corrected chi connectivity index (χ4v) is 3.92. The molecule has 6 heteroatoms. The number of anilines is 1. The van der Waals surface area contributed by atoms with Crippen LogP contribution in [-0.2, 0) is 6.42 Å². The highest BCUT2D eigenvalue weighted by molar-refractivity contribution is 5.65. The molecule has 0 saturated heterocycles. The number of aromatic nitrogens is 3. The van der Waals surface area contributed by atoms with Crippen LogP contribution >= 0.6 is 0 Å². The molecule has 0 fully saturated rings. The molecule has 4 aromatic rings. The molecule has 5 rings (SSSR count). The van der Waals surface area contributed by atoms with E-state index in [0.717, 1.165) is 58.9 Å². The molecule has 1 atom stereocenters. The Morgan fingerprint density at radius 2 is 1.90 bits per heavy atom. The van der Waals surface area contributed by atoms with Crippen molar-refractivity contribution in [2.75, 3.05) is 5.32 Å². The highest BCUT2D eigenvalue weighted by atomic mass is 19.1. The van der Waals surface area contributed by atoms with E-state index in [4.69, 9.17) is 4.52 Å². The predicted octanol–water partition coefficient (Wildman–Crippen LogP) is 5.46. The van der Waals surface area contributed by atoms with Gasteiger partial charge in [0, 0.05) is 28.7 Å². The van der Waals surface area contributed by atoms with E-state index in [1.807, 2.05) is 24.0 Å². The number of hydrogen-bond donors (Lipinski definition) is 1. The second kappa shape index (κ2) is 7.20. The minimum Gasteiger partial charge on any atom is -0.375 e. The van der Waals surface area contributed by atoms with E-state index in [1.54, 1.807) is 12.1 Å². The highest BCUT2D eigenvalue weighted by Crippen LogP contribution is 2.38. The molecular weight excluding hydrogens is 367 g/mol. The lowest BCUT2D eigenvalue weighted by atomic mass is 9.90. The Labute approximate surface area is 168 Å². The lowest BCUT2D eigenvalue weighted by Gasteiger charge is -2.22. The van der Waals surface area contributed by atoms with E-state index in [1.165, 1.54) is 12.1 Å². The molecule has 1 aliphatic carbocycles. The van der Waals surface area contributed by atoms with Gasteiger partial charge >= 0.3 is 0 Å². The van der Waals surface area contributed by atoms with Gasteiger partial charge in [0.25, 0.3) is 0 Å². The number of hydrogen-bond acceptors (Lipinski definition) is 4. The SMILES string of the molecule is Cc1cn(-c2ccc(-c3noc4c3CCCC4Nc3ccc(F)cc3)cc2)cn1. The van der Waals surface area contributed by atoms with Gasteiger partial charge in [-0.15, -0.1) is 0 Å². The monoisotopic (exact) mass is 388 g/mol. The topological polar surface area (TPSA) is 55.9 Å². The Bertz CT molecular complexity index is 1130. The molecule has 5 nitrogen and oxygen atoms in total. The summed E-state index contributed by atoms with van der Waals surface area (Å²) in [6.07, 6.45) is 6.76. The average molecular weight is 388 g/mol. The molecule has 0 bridgehead atoms. The first-order valence-corrected chi connectivity index (χ1v) is 9.79. The second-order valence-electron chi connectivity index (χ2n) is 7.44. The summed E-state index contributed by atoms with van der Waals surface area (Å²) in [5.41, 5.74) is 6.02. The minimum absolute atomic E-state index is 0.0404. The van der Waals surface area contributed by atoms with Crippen LogP contribution in [-0.4, -0.2) is 14.7 Å². The first-order chi connectivity index (χ1) is 14.2. The van der Waals surface area contributed by atoms with E-state index >= 15 is 0 Å². The molecule has 146 valence electrons. The zero-order valence-electron chi connectivity index (χ0n) is 16.1. The average Bonchev–Trinajstić information content (AvgIpc) is 3.37. The lowest BCUT2D eigenvalue weighted by molar-refractivity contribution is 0.353. The molecule has 0 spiro atoms. The van der Waals surface area contributed by atoms with E-state index < -0.39 is 0 Å².